The van der Waals surface area contributed by atoms with E-state index in [0.717, 1.165) is 88.7 Å². The van der Waals surface area contributed by atoms with Gasteiger partial charge >= 0.3 is 5.97 Å². The van der Waals surface area contributed by atoms with E-state index in [4.69, 9.17) is 15.9 Å². The fraction of sp³-hybridized carbons (Fsp3) is 0.654. The van der Waals surface area contributed by atoms with Gasteiger partial charge in [-0.25, -0.2) is 0 Å². The van der Waals surface area contributed by atoms with Crippen molar-refractivity contribution in [3.8, 4) is 0 Å². The molecule has 1 aliphatic carbocycles. The van der Waals surface area contributed by atoms with Gasteiger partial charge in [0.15, 0.2) is 0 Å². The molecule has 0 bridgehead atoms. The van der Waals surface area contributed by atoms with Crippen LogP contribution in [-0.2, 0) is 14.3 Å². The minimum absolute atomic E-state index is 0.0172. The highest BCUT2D eigenvalue weighted by molar-refractivity contribution is 5.95. The number of hydrogen-bond acceptors (Lipinski definition) is 5. The largest absolute Gasteiger partial charge is 0.469 e. The Hall–Kier alpha value is -2.57. The van der Waals surface area contributed by atoms with Gasteiger partial charge < -0.3 is 20.3 Å². The number of amidine groups is 1. The second kappa shape index (κ2) is 12.1. The Bertz CT molecular complexity index is 794. The number of esters is 1. The van der Waals surface area contributed by atoms with Crippen LogP contribution in [0.2, 0.25) is 0 Å². The van der Waals surface area contributed by atoms with Crippen LogP contribution < -0.4 is 10.6 Å². The summed E-state index contributed by atoms with van der Waals surface area (Å²) in [4.78, 5) is 30.0. The van der Waals surface area contributed by atoms with Crippen molar-refractivity contribution in [3.05, 3.63) is 29.8 Å². The van der Waals surface area contributed by atoms with Gasteiger partial charge in [0.25, 0.3) is 0 Å². The Morgan fingerprint density at radius 2 is 1.67 bits per heavy atom. The SMILES string of the molecule is CCCCCN(C(=O)C1CCN(c2ccc(C(=N)N)cc2)CC1)C1CCC(C(=O)OC)CC1. The van der Waals surface area contributed by atoms with E-state index in [1.165, 1.54) is 7.11 Å². The molecular formula is C26H40N4O3. The second-order valence-corrected chi connectivity index (χ2v) is 9.49. The van der Waals surface area contributed by atoms with Gasteiger partial charge in [0.1, 0.15) is 5.84 Å². The molecule has 3 rings (SSSR count). The Morgan fingerprint density at radius 3 is 2.21 bits per heavy atom. The number of benzene rings is 1. The zero-order valence-corrected chi connectivity index (χ0v) is 20.2. The highest BCUT2D eigenvalue weighted by atomic mass is 16.5. The van der Waals surface area contributed by atoms with Crippen LogP contribution >= 0.6 is 0 Å². The van der Waals surface area contributed by atoms with Crippen molar-refractivity contribution in [1.29, 1.82) is 5.41 Å². The van der Waals surface area contributed by atoms with Crippen LogP contribution in [0.25, 0.3) is 0 Å². The van der Waals surface area contributed by atoms with Crippen molar-refractivity contribution >= 4 is 23.4 Å². The van der Waals surface area contributed by atoms with Crippen LogP contribution in [0.1, 0.15) is 70.3 Å². The number of nitrogens with zero attached hydrogens (tertiary/aromatic N) is 2. The van der Waals surface area contributed by atoms with E-state index in [1.807, 2.05) is 24.3 Å². The maximum absolute atomic E-state index is 13.6. The molecule has 7 nitrogen and oxygen atoms in total. The number of nitrogen functional groups attached to an aromatic ring is 1. The van der Waals surface area contributed by atoms with E-state index < -0.39 is 0 Å². The molecule has 7 heteroatoms. The summed E-state index contributed by atoms with van der Waals surface area (Å²) in [6.45, 7) is 4.72. The minimum Gasteiger partial charge on any atom is -0.469 e. The van der Waals surface area contributed by atoms with Crippen LogP contribution in [0.4, 0.5) is 5.69 Å². The molecule has 2 aliphatic rings. The van der Waals surface area contributed by atoms with Crippen molar-refractivity contribution in [2.24, 2.45) is 17.6 Å². The van der Waals surface area contributed by atoms with Crippen molar-refractivity contribution in [2.45, 2.75) is 70.8 Å². The van der Waals surface area contributed by atoms with E-state index >= 15 is 0 Å². The second-order valence-electron chi connectivity index (χ2n) is 9.49. The maximum Gasteiger partial charge on any atom is 0.308 e. The predicted octanol–water partition coefficient (Wildman–Crippen LogP) is 3.94. The average Bonchev–Trinajstić information content (AvgIpc) is 2.86. The fourth-order valence-corrected chi connectivity index (χ4v) is 5.27. The molecule has 1 amide bonds. The highest BCUT2D eigenvalue weighted by Gasteiger charge is 2.35. The molecule has 0 atom stereocenters. The summed E-state index contributed by atoms with van der Waals surface area (Å²) in [7, 11) is 1.46. The third kappa shape index (κ3) is 6.49. The molecule has 1 aromatic rings. The quantitative estimate of drug-likeness (QED) is 0.254. The first kappa shape index (κ1) is 25.1. The van der Waals surface area contributed by atoms with Gasteiger partial charge in [-0.15, -0.1) is 0 Å². The summed E-state index contributed by atoms with van der Waals surface area (Å²) >= 11 is 0. The summed E-state index contributed by atoms with van der Waals surface area (Å²) in [5.41, 5.74) is 7.41. The van der Waals surface area contributed by atoms with E-state index in [-0.39, 0.29) is 29.7 Å². The maximum atomic E-state index is 13.6. The molecule has 33 heavy (non-hydrogen) atoms. The third-order valence-corrected chi connectivity index (χ3v) is 7.35. The normalized spacial score (nSPS) is 21.5. The number of nitrogens with two attached hydrogens (primary N) is 1. The van der Waals surface area contributed by atoms with Crippen LogP contribution in [-0.4, -0.2) is 55.4 Å². The standard InChI is InChI=1S/C26H40N4O3/c1-3-4-5-16-30(23-12-8-21(9-13-23)26(32)33-2)25(31)20-14-17-29(18-15-20)22-10-6-19(7-11-22)24(27)28/h6-7,10-11,20-21,23H,3-5,8-9,12-18H2,1-2H3,(H3,27,28). The van der Waals surface area contributed by atoms with Crippen LogP contribution in [0.5, 0.6) is 0 Å². The topological polar surface area (TPSA) is 99.7 Å². The van der Waals surface area contributed by atoms with Gasteiger partial charge in [-0.2, -0.15) is 0 Å². The number of carbonyl (C=O) groups excluding carboxylic acids is 2. The number of unbranched alkanes of at least 4 members (excludes halogenated alkanes) is 2. The number of piperidine rings is 1. The number of nitrogens with one attached hydrogen (secondary N) is 1. The van der Waals surface area contributed by atoms with E-state index in [9.17, 15) is 9.59 Å². The molecular weight excluding hydrogens is 416 g/mol. The van der Waals surface area contributed by atoms with Crippen LogP contribution in [0.3, 0.4) is 0 Å². The van der Waals surface area contributed by atoms with E-state index in [0.29, 0.717) is 5.91 Å². The van der Waals surface area contributed by atoms with Crippen molar-refractivity contribution in [3.63, 3.8) is 0 Å². The van der Waals surface area contributed by atoms with Crippen LogP contribution in [0, 0.1) is 17.2 Å². The molecule has 2 fully saturated rings. The van der Waals surface area contributed by atoms with Gasteiger partial charge in [0, 0.05) is 42.8 Å². The van der Waals surface area contributed by atoms with Gasteiger partial charge in [-0.05, 0) is 69.2 Å². The lowest BCUT2D eigenvalue weighted by Crippen LogP contribution is -2.48. The Labute approximate surface area is 198 Å². The smallest absolute Gasteiger partial charge is 0.308 e. The van der Waals surface area contributed by atoms with E-state index in [1.54, 1.807) is 0 Å². The molecule has 0 aromatic heterocycles. The minimum atomic E-state index is -0.110. The average molecular weight is 457 g/mol. The zero-order valence-electron chi connectivity index (χ0n) is 20.2. The molecule has 1 aromatic carbocycles. The molecule has 3 N–H and O–H groups in total. The molecule has 0 radical (unpaired) electrons. The summed E-state index contributed by atoms with van der Waals surface area (Å²) < 4.78 is 4.93. The molecule has 1 heterocycles. The summed E-state index contributed by atoms with van der Waals surface area (Å²) in [6.07, 6.45) is 8.42. The number of methoxy groups -OCH3 is 1. The number of carbonyl (C=O) groups is 2. The molecule has 1 aliphatic heterocycles. The Kier molecular flexibility index (Phi) is 9.15. The Morgan fingerprint density at radius 1 is 1.03 bits per heavy atom. The van der Waals surface area contributed by atoms with Gasteiger partial charge in [-0.3, -0.25) is 15.0 Å². The van der Waals surface area contributed by atoms with Gasteiger partial charge in [-0.1, -0.05) is 19.8 Å². The lowest BCUT2D eigenvalue weighted by molar-refractivity contribution is -0.147. The zero-order chi connectivity index (χ0) is 23.8. The van der Waals surface area contributed by atoms with Crippen molar-refractivity contribution in [2.75, 3.05) is 31.6 Å². The fourth-order valence-electron chi connectivity index (χ4n) is 5.27. The summed E-state index contributed by atoms with van der Waals surface area (Å²) in [5, 5.41) is 7.55. The number of ether oxygens (including phenoxy) is 1. The van der Waals surface area contributed by atoms with Crippen molar-refractivity contribution < 1.29 is 14.3 Å². The highest BCUT2D eigenvalue weighted by Crippen LogP contribution is 2.31. The Balaban J connectivity index is 1.58. The number of rotatable bonds is 9. The molecule has 1 saturated carbocycles. The van der Waals surface area contributed by atoms with E-state index in [2.05, 4.69) is 16.7 Å². The number of hydrogen-bond donors (Lipinski definition) is 2. The number of amides is 1. The van der Waals surface area contributed by atoms with Gasteiger partial charge in [0.2, 0.25) is 5.91 Å². The lowest BCUT2D eigenvalue weighted by atomic mass is 9.84. The number of anilines is 1. The van der Waals surface area contributed by atoms with Crippen molar-refractivity contribution in [1.82, 2.24) is 4.90 Å². The third-order valence-electron chi connectivity index (χ3n) is 7.35. The lowest BCUT2D eigenvalue weighted by Gasteiger charge is -2.40. The van der Waals surface area contributed by atoms with Crippen LogP contribution in [0.15, 0.2) is 24.3 Å². The first-order chi connectivity index (χ1) is 15.9. The predicted molar refractivity (Wildman–Crippen MR) is 131 cm³/mol. The molecule has 0 spiro atoms. The monoisotopic (exact) mass is 456 g/mol. The molecule has 1 saturated heterocycles. The van der Waals surface area contributed by atoms with Gasteiger partial charge in [0.05, 0.1) is 13.0 Å². The summed E-state index contributed by atoms with van der Waals surface area (Å²) in [6, 6.07) is 8.03. The molecule has 182 valence electrons. The first-order valence-corrected chi connectivity index (χ1v) is 12.5. The molecule has 0 unspecified atom stereocenters. The first-order valence-electron chi connectivity index (χ1n) is 12.5. The summed E-state index contributed by atoms with van der Waals surface area (Å²) in [5.74, 6) is 0.323.